The molecule has 1 heterocycles. The highest BCUT2D eigenvalue weighted by atomic mass is 127. The molecule has 4 rings (SSSR count). The van der Waals surface area contributed by atoms with Gasteiger partial charge in [0.2, 0.25) is 0 Å². The molecule has 32 heavy (non-hydrogen) atoms. The number of rotatable bonds is 8. The number of para-hydroxylation sites is 2. The largest absolute Gasteiger partial charge is 0.493 e. The first-order valence-corrected chi connectivity index (χ1v) is 11.5. The van der Waals surface area contributed by atoms with Crippen LogP contribution in [0.4, 0.5) is 0 Å². The first kappa shape index (κ1) is 22.2. The minimum absolute atomic E-state index is 0.0763. The van der Waals surface area contributed by atoms with Crippen LogP contribution in [0.15, 0.2) is 81.3 Å². The lowest BCUT2D eigenvalue weighted by Crippen LogP contribution is -2.01. The summed E-state index contributed by atoms with van der Waals surface area (Å²) in [6.45, 7) is 0.399. The highest BCUT2D eigenvalue weighted by molar-refractivity contribution is 14.1. The van der Waals surface area contributed by atoms with Crippen LogP contribution in [0.5, 0.6) is 11.5 Å². The lowest BCUT2D eigenvalue weighted by Gasteiger charge is -2.14. The average molecular weight is 559 g/mol. The lowest BCUT2D eigenvalue weighted by atomic mass is 10.2. The third-order valence-corrected chi connectivity index (χ3v) is 6.12. The number of hydrogen-bond donors (Lipinski definition) is 1. The number of aromatic nitrogens is 1. The van der Waals surface area contributed by atoms with Gasteiger partial charge in [-0.25, -0.2) is 9.78 Å². The summed E-state index contributed by atoms with van der Waals surface area (Å²) in [7, 11) is 1.56. The van der Waals surface area contributed by atoms with E-state index in [1.807, 2.05) is 54.6 Å². The molecule has 162 valence electrons. The van der Waals surface area contributed by atoms with Crippen molar-refractivity contribution in [1.29, 1.82) is 0 Å². The predicted octanol–water partition coefficient (Wildman–Crippen LogP) is 6.24. The first-order valence-electron chi connectivity index (χ1n) is 9.56. The Morgan fingerprint density at radius 1 is 1.16 bits per heavy atom. The molecule has 3 aromatic carbocycles. The number of carboxylic acid groups (broad SMARTS) is 1. The molecular weight excluding hydrogens is 541 g/mol. The molecule has 0 aliphatic carbocycles. The van der Waals surface area contributed by atoms with Gasteiger partial charge in [0.1, 0.15) is 17.0 Å². The van der Waals surface area contributed by atoms with Crippen molar-refractivity contribution in [2.24, 2.45) is 0 Å². The van der Waals surface area contributed by atoms with Crippen molar-refractivity contribution >= 4 is 57.5 Å². The Bertz CT molecular complexity index is 1250. The standard InChI is InChI=1S/C24H18INO5S/c1-29-20-12-16(11-17(25)22(20)30-14-15-7-3-2-4-8-15)13-21(23(27)28)32-24-26-18-9-5-6-10-19(18)31-24/h2-13H,14H2,1H3,(H,27,28)/b21-13-. The van der Waals surface area contributed by atoms with Crippen LogP contribution < -0.4 is 9.47 Å². The summed E-state index contributed by atoms with van der Waals surface area (Å²) < 4.78 is 17.9. The van der Waals surface area contributed by atoms with Gasteiger partial charge in [-0.2, -0.15) is 0 Å². The molecule has 1 N–H and O–H groups in total. The zero-order valence-corrected chi connectivity index (χ0v) is 19.9. The fourth-order valence-corrected chi connectivity index (χ4v) is 4.49. The Morgan fingerprint density at radius 2 is 1.91 bits per heavy atom. The topological polar surface area (TPSA) is 81.8 Å². The number of thioether (sulfide) groups is 1. The summed E-state index contributed by atoms with van der Waals surface area (Å²) >= 11 is 3.11. The van der Waals surface area contributed by atoms with Gasteiger partial charge in [-0.1, -0.05) is 42.5 Å². The maximum atomic E-state index is 11.9. The zero-order valence-electron chi connectivity index (χ0n) is 16.9. The normalized spacial score (nSPS) is 11.5. The number of oxazole rings is 1. The van der Waals surface area contributed by atoms with E-state index >= 15 is 0 Å². The molecule has 0 atom stereocenters. The van der Waals surface area contributed by atoms with Crippen LogP contribution in [0.2, 0.25) is 0 Å². The lowest BCUT2D eigenvalue weighted by molar-refractivity contribution is -0.131. The molecule has 0 fully saturated rings. The summed E-state index contributed by atoms with van der Waals surface area (Å²) in [5.74, 6) is 0.0592. The van der Waals surface area contributed by atoms with E-state index in [0.717, 1.165) is 20.9 Å². The summed E-state index contributed by atoms with van der Waals surface area (Å²) in [5, 5.41) is 9.98. The van der Waals surface area contributed by atoms with Gasteiger partial charge in [-0.05, 0) is 75.8 Å². The molecular formula is C24H18INO5S. The summed E-state index contributed by atoms with van der Waals surface area (Å²) in [6, 6.07) is 20.7. The summed E-state index contributed by atoms with van der Waals surface area (Å²) in [5.41, 5.74) is 2.99. The van der Waals surface area contributed by atoms with Gasteiger partial charge in [-0.15, -0.1) is 0 Å². The van der Waals surface area contributed by atoms with Crippen LogP contribution in [-0.2, 0) is 11.4 Å². The number of methoxy groups -OCH3 is 1. The van der Waals surface area contributed by atoms with Gasteiger partial charge in [0, 0.05) is 0 Å². The van der Waals surface area contributed by atoms with Crippen molar-refractivity contribution in [3.05, 3.63) is 86.3 Å². The van der Waals surface area contributed by atoms with E-state index in [4.69, 9.17) is 13.9 Å². The van der Waals surface area contributed by atoms with Crippen molar-refractivity contribution in [2.45, 2.75) is 11.8 Å². The number of benzene rings is 3. The fraction of sp³-hybridized carbons (Fsp3) is 0.0833. The van der Waals surface area contributed by atoms with E-state index in [0.29, 0.717) is 34.8 Å². The predicted molar refractivity (Wildman–Crippen MR) is 132 cm³/mol. The molecule has 4 aromatic rings. The second kappa shape index (κ2) is 10.1. The Hall–Kier alpha value is -2.98. The number of ether oxygens (including phenoxy) is 2. The maximum Gasteiger partial charge on any atom is 0.342 e. The number of halogens is 1. The van der Waals surface area contributed by atoms with Gasteiger partial charge in [0.05, 0.1) is 10.7 Å². The van der Waals surface area contributed by atoms with Gasteiger partial charge in [0.25, 0.3) is 5.22 Å². The molecule has 8 heteroatoms. The van der Waals surface area contributed by atoms with Crippen molar-refractivity contribution in [1.82, 2.24) is 4.98 Å². The third kappa shape index (κ3) is 5.25. The van der Waals surface area contributed by atoms with E-state index in [9.17, 15) is 9.90 Å². The van der Waals surface area contributed by atoms with E-state index in [-0.39, 0.29) is 10.1 Å². The SMILES string of the molecule is COc1cc(/C=C(\Sc2nc3ccccc3o2)C(=O)O)cc(I)c1OCc1ccccc1. The smallest absolute Gasteiger partial charge is 0.342 e. The number of carboxylic acids is 1. The monoisotopic (exact) mass is 559 g/mol. The highest BCUT2D eigenvalue weighted by Gasteiger charge is 2.17. The van der Waals surface area contributed by atoms with E-state index < -0.39 is 5.97 Å². The van der Waals surface area contributed by atoms with Crippen LogP contribution in [0.3, 0.4) is 0 Å². The molecule has 0 radical (unpaired) electrons. The molecule has 0 saturated carbocycles. The minimum atomic E-state index is -1.07. The van der Waals surface area contributed by atoms with Crippen LogP contribution in [0, 0.1) is 3.57 Å². The van der Waals surface area contributed by atoms with Gasteiger partial charge in [-0.3, -0.25) is 0 Å². The van der Waals surface area contributed by atoms with Gasteiger partial charge < -0.3 is 19.0 Å². The van der Waals surface area contributed by atoms with Crippen molar-refractivity contribution in [2.75, 3.05) is 7.11 Å². The minimum Gasteiger partial charge on any atom is -0.493 e. The molecule has 0 saturated heterocycles. The van der Waals surface area contributed by atoms with Gasteiger partial charge in [0.15, 0.2) is 17.1 Å². The molecule has 0 unspecified atom stereocenters. The molecule has 6 nitrogen and oxygen atoms in total. The van der Waals surface area contributed by atoms with E-state index in [2.05, 4.69) is 27.6 Å². The summed E-state index contributed by atoms with van der Waals surface area (Å²) in [4.78, 5) is 16.3. The third-order valence-electron chi connectivity index (χ3n) is 4.46. The Morgan fingerprint density at radius 3 is 2.62 bits per heavy atom. The van der Waals surface area contributed by atoms with E-state index in [1.54, 1.807) is 25.3 Å². The molecule has 0 bridgehead atoms. The molecule has 1 aromatic heterocycles. The number of fused-ring (bicyclic) bond motifs is 1. The first-order chi connectivity index (χ1) is 15.5. The zero-order chi connectivity index (χ0) is 22.5. The Balaban J connectivity index is 1.60. The van der Waals surface area contributed by atoms with Gasteiger partial charge >= 0.3 is 5.97 Å². The van der Waals surface area contributed by atoms with Crippen LogP contribution in [0.25, 0.3) is 17.2 Å². The Kier molecular flexibility index (Phi) is 7.01. The van der Waals surface area contributed by atoms with Crippen molar-refractivity contribution in [3.63, 3.8) is 0 Å². The number of nitrogens with zero attached hydrogens (tertiary/aromatic N) is 1. The second-order valence-corrected chi connectivity index (χ2v) is 8.83. The molecule has 0 amide bonds. The van der Waals surface area contributed by atoms with E-state index in [1.165, 1.54) is 0 Å². The number of aliphatic carboxylic acids is 1. The summed E-state index contributed by atoms with van der Waals surface area (Å²) in [6.07, 6.45) is 1.56. The maximum absolute atomic E-state index is 11.9. The quantitative estimate of drug-likeness (QED) is 0.156. The molecule has 0 aliphatic heterocycles. The average Bonchev–Trinajstić information content (AvgIpc) is 3.20. The Labute approximate surface area is 202 Å². The van der Waals surface area contributed by atoms with Crippen LogP contribution in [0.1, 0.15) is 11.1 Å². The van der Waals surface area contributed by atoms with Crippen LogP contribution in [-0.4, -0.2) is 23.2 Å². The molecule has 0 spiro atoms. The fourth-order valence-electron chi connectivity index (χ4n) is 2.97. The molecule has 0 aliphatic rings. The van der Waals surface area contributed by atoms with Crippen molar-refractivity contribution in [3.8, 4) is 11.5 Å². The highest BCUT2D eigenvalue weighted by Crippen LogP contribution is 2.37. The number of carbonyl (C=O) groups is 1. The number of hydrogen-bond acceptors (Lipinski definition) is 6. The van der Waals surface area contributed by atoms with Crippen molar-refractivity contribution < 1.29 is 23.8 Å². The second-order valence-electron chi connectivity index (χ2n) is 6.67. The van der Waals surface area contributed by atoms with Crippen LogP contribution >= 0.6 is 34.4 Å².